The fourth-order valence-corrected chi connectivity index (χ4v) is 7.75. The predicted molar refractivity (Wildman–Crippen MR) is 119 cm³/mol. The Balaban J connectivity index is 1.28. The lowest BCUT2D eigenvalue weighted by Gasteiger charge is -2.49. The summed E-state index contributed by atoms with van der Waals surface area (Å²) in [5.41, 5.74) is 1.33. The van der Waals surface area contributed by atoms with Gasteiger partial charge in [-0.3, -0.25) is 9.69 Å². The Bertz CT molecular complexity index is 1000. The van der Waals surface area contributed by atoms with Crippen LogP contribution in [0.4, 0.5) is 0 Å². The minimum absolute atomic E-state index is 0.331. The number of hydrogen-bond acceptors (Lipinski definition) is 3. The van der Waals surface area contributed by atoms with Crippen LogP contribution in [0.3, 0.4) is 0 Å². The Morgan fingerprint density at radius 3 is 2.16 bits per heavy atom. The average molecular weight is 421 g/mol. The topological polar surface area (TPSA) is 62.5 Å². The van der Waals surface area contributed by atoms with Gasteiger partial charge in [-0.05, 0) is 62.8 Å². The Hall–Kier alpha value is -2.14. The molecule has 1 aromatic carbocycles. The maximum Gasteiger partial charge on any atom is 0.377 e. The zero-order chi connectivity index (χ0) is 21.1. The molecule has 6 rings (SSSR count). The van der Waals surface area contributed by atoms with Crippen LogP contribution in [0.15, 0.2) is 30.5 Å². The van der Waals surface area contributed by atoms with Crippen molar-refractivity contribution in [3.05, 3.63) is 36.0 Å². The summed E-state index contributed by atoms with van der Waals surface area (Å²) < 4.78 is 2.23. The summed E-state index contributed by atoms with van der Waals surface area (Å²) in [5.74, 6) is -0.273. The molecule has 31 heavy (non-hydrogen) atoms. The molecule has 0 radical (unpaired) electrons. The molecule has 4 atom stereocenters. The van der Waals surface area contributed by atoms with Crippen LogP contribution in [0, 0.1) is 11.8 Å². The number of piperidine rings is 1. The number of carboxylic acids is 1. The molecule has 5 nitrogen and oxygen atoms in total. The van der Waals surface area contributed by atoms with Crippen molar-refractivity contribution in [2.75, 3.05) is 0 Å². The molecular weight excluding hydrogens is 388 g/mol. The van der Waals surface area contributed by atoms with E-state index in [0.717, 1.165) is 41.6 Å². The van der Waals surface area contributed by atoms with E-state index < -0.39 is 11.8 Å². The smallest absolute Gasteiger partial charge is 0.377 e. The third-order valence-electron chi connectivity index (χ3n) is 8.86. The van der Waals surface area contributed by atoms with E-state index in [1.807, 2.05) is 30.5 Å². The largest absolute Gasteiger partial charge is 0.475 e. The van der Waals surface area contributed by atoms with Gasteiger partial charge in [-0.2, -0.15) is 0 Å². The number of carboxylic acid groups (broad SMARTS) is 1. The van der Waals surface area contributed by atoms with Gasteiger partial charge in [0, 0.05) is 41.3 Å². The zero-order valence-corrected chi connectivity index (χ0v) is 18.1. The van der Waals surface area contributed by atoms with E-state index in [1.165, 1.54) is 51.4 Å². The van der Waals surface area contributed by atoms with Crippen molar-refractivity contribution in [2.45, 2.75) is 88.4 Å². The second kappa shape index (κ2) is 7.47. The number of nitrogens with zero attached hydrogens (tertiary/aromatic N) is 2. The van der Waals surface area contributed by atoms with E-state index in [0.29, 0.717) is 23.7 Å². The van der Waals surface area contributed by atoms with Crippen molar-refractivity contribution >= 4 is 22.7 Å². The van der Waals surface area contributed by atoms with Gasteiger partial charge < -0.3 is 9.67 Å². The van der Waals surface area contributed by atoms with Crippen molar-refractivity contribution in [3.8, 4) is 0 Å². The lowest BCUT2D eigenvalue weighted by molar-refractivity contribution is -0.131. The molecule has 4 bridgehead atoms. The average Bonchev–Trinajstić information content (AvgIpc) is 3.28. The summed E-state index contributed by atoms with van der Waals surface area (Å²) in [4.78, 5) is 26.6. The second-order valence-electron chi connectivity index (χ2n) is 10.6. The quantitative estimate of drug-likeness (QED) is 0.556. The van der Waals surface area contributed by atoms with Gasteiger partial charge in [-0.1, -0.05) is 37.5 Å². The number of ketones is 1. The van der Waals surface area contributed by atoms with Crippen LogP contribution in [0.2, 0.25) is 0 Å². The Morgan fingerprint density at radius 1 is 0.806 bits per heavy atom. The highest BCUT2D eigenvalue weighted by atomic mass is 16.4. The van der Waals surface area contributed by atoms with Crippen molar-refractivity contribution in [3.63, 3.8) is 0 Å². The number of hydrogen-bond donors (Lipinski definition) is 1. The second-order valence-corrected chi connectivity index (χ2v) is 10.6. The Kier molecular flexibility index (Phi) is 4.71. The molecule has 2 saturated heterocycles. The van der Waals surface area contributed by atoms with Gasteiger partial charge in [0.1, 0.15) is 0 Å². The zero-order valence-electron chi connectivity index (χ0n) is 18.1. The van der Waals surface area contributed by atoms with Crippen LogP contribution >= 0.6 is 0 Å². The molecule has 4 fully saturated rings. The molecule has 2 aromatic rings. The molecule has 1 N–H and O–H groups in total. The molecule has 1 aromatic heterocycles. The summed E-state index contributed by atoms with van der Waals surface area (Å²) in [5, 5.41) is 10.1. The fourth-order valence-electron chi connectivity index (χ4n) is 7.75. The minimum Gasteiger partial charge on any atom is -0.475 e. The van der Waals surface area contributed by atoms with Crippen LogP contribution in [0.25, 0.3) is 10.9 Å². The normalized spacial score (nSPS) is 35.4. The first-order valence-corrected chi connectivity index (χ1v) is 12.2. The van der Waals surface area contributed by atoms with Crippen LogP contribution in [-0.2, 0) is 4.79 Å². The number of Topliss-reactive ketones (excluding diaryl/α,β-unsaturated/α-hetero) is 1. The van der Waals surface area contributed by atoms with E-state index in [1.54, 1.807) is 0 Å². The standard InChI is InChI=1S/C26H32N2O3/c29-25(26(30)31)23-15-27(24-7-2-1-6-22(23)24)20-13-18-8-9-19(14-20)28(18)21-11-16-4-3-5-17(10-16)12-21/h1-2,6-7,15-21H,3-5,8-14H2,(H,30,31). The molecule has 0 amide bonds. The van der Waals surface area contributed by atoms with E-state index >= 15 is 0 Å². The maximum absolute atomic E-state index is 12.3. The number of carbonyl (C=O) groups excluding carboxylic acids is 1. The fraction of sp³-hybridized carbons (Fsp3) is 0.615. The molecule has 2 saturated carbocycles. The highest BCUT2D eigenvalue weighted by Gasteiger charge is 2.47. The summed E-state index contributed by atoms with van der Waals surface area (Å²) in [6, 6.07) is 10.2. The van der Waals surface area contributed by atoms with Crippen LogP contribution in [0.1, 0.15) is 80.6 Å². The van der Waals surface area contributed by atoms with Crippen LogP contribution < -0.4 is 0 Å². The SMILES string of the molecule is O=C(O)C(=O)c1cn(C2CC3CCC(C2)N3C2CC3CCCC(C3)C2)c2ccccc12. The van der Waals surface area contributed by atoms with E-state index in [-0.39, 0.29) is 0 Å². The molecule has 2 aliphatic heterocycles. The first-order chi connectivity index (χ1) is 15.1. The third kappa shape index (κ3) is 3.24. The molecule has 0 spiro atoms. The lowest BCUT2D eigenvalue weighted by Crippen LogP contribution is -2.52. The van der Waals surface area contributed by atoms with Gasteiger partial charge >= 0.3 is 5.97 Å². The summed E-state index contributed by atoms with van der Waals surface area (Å²) in [7, 11) is 0. The third-order valence-corrected chi connectivity index (χ3v) is 8.86. The van der Waals surface area contributed by atoms with Gasteiger partial charge in [0.25, 0.3) is 5.78 Å². The van der Waals surface area contributed by atoms with Gasteiger partial charge in [-0.15, -0.1) is 0 Å². The van der Waals surface area contributed by atoms with Gasteiger partial charge in [0.2, 0.25) is 0 Å². The van der Waals surface area contributed by atoms with E-state index in [2.05, 4.69) is 9.47 Å². The molecule has 4 aliphatic rings. The summed E-state index contributed by atoms with van der Waals surface area (Å²) in [6.45, 7) is 0. The molecule has 3 heterocycles. The number of rotatable bonds is 4. The summed E-state index contributed by atoms with van der Waals surface area (Å²) in [6.07, 6.45) is 15.2. The predicted octanol–water partition coefficient (Wildman–Crippen LogP) is 5.05. The molecule has 5 heteroatoms. The van der Waals surface area contributed by atoms with Gasteiger partial charge in [-0.25, -0.2) is 4.79 Å². The molecular formula is C26H32N2O3. The first-order valence-electron chi connectivity index (χ1n) is 12.2. The molecule has 2 aliphatic carbocycles. The number of carbonyl (C=O) groups is 2. The summed E-state index contributed by atoms with van der Waals surface area (Å²) >= 11 is 0. The lowest BCUT2D eigenvalue weighted by atomic mass is 9.69. The highest BCUT2D eigenvalue weighted by Crippen LogP contribution is 2.48. The first kappa shape index (κ1) is 19.5. The van der Waals surface area contributed by atoms with E-state index in [4.69, 9.17) is 0 Å². The van der Waals surface area contributed by atoms with Crippen molar-refractivity contribution in [1.82, 2.24) is 9.47 Å². The highest BCUT2D eigenvalue weighted by molar-refractivity contribution is 6.42. The van der Waals surface area contributed by atoms with Gasteiger partial charge in [0.15, 0.2) is 0 Å². The van der Waals surface area contributed by atoms with E-state index in [9.17, 15) is 14.7 Å². The monoisotopic (exact) mass is 420 g/mol. The number of aliphatic carboxylic acids is 1. The maximum atomic E-state index is 12.3. The van der Waals surface area contributed by atoms with Crippen molar-refractivity contribution < 1.29 is 14.7 Å². The number of fused-ring (bicyclic) bond motifs is 5. The Labute approximate surface area is 183 Å². The molecule has 4 unspecified atom stereocenters. The molecule has 164 valence electrons. The Morgan fingerprint density at radius 2 is 1.48 bits per heavy atom. The number of benzene rings is 1. The van der Waals surface area contributed by atoms with Crippen molar-refractivity contribution in [2.24, 2.45) is 11.8 Å². The minimum atomic E-state index is -1.37. The number of para-hydroxylation sites is 1. The van der Waals surface area contributed by atoms with Crippen molar-refractivity contribution in [1.29, 1.82) is 0 Å². The van der Waals surface area contributed by atoms with Crippen LogP contribution in [-0.4, -0.2) is 44.5 Å². The number of aromatic nitrogens is 1. The van der Waals surface area contributed by atoms with Crippen LogP contribution in [0.5, 0.6) is 0 Å². The van der Waals surface area contributed by atoms with Gasteiger partial charge in [0.05, 0.1) is 5.56 Å².